The smallest absolute Gasteiger partial charge is 0.0996 e. The molecule has 0 amide bonds. The molecule has 0 spiro atoms. The molecule has 0 radical (unpaired) electrons. The van der Waals surface area contributed by atoms with E-state index in [1.807, 2.05) is 0 Å². The van der Waals surface area contributed by atoms with Gasteiger partial charge in [-0.15, -0.1) is 0 Å². The number of aromatic nitrogens is 1. The van der Waals surface area contributed by atoms with E-state index in [0.29, 0.717) is 6.04 Å². The van der Waals surface area contributed by atoms with E-state index < -0.39 is 0 Å². The van der Waals surface area contributed by atoms with Crippen LogP contribution in [0.5, 0.6) is 0 Å². The molecule has 60 valence electrons. The lowest BCUT2D eigenvalue weighted by molar-refractivity contribution is 0.382. The van der Waals surface area contributed by atoms with Gasteiger partial charge in [0, 0.05) is 24.0 Å². The van der Waals surface area contributed by atoms with Crippen molar-refractivity contribution >= 4 is 0 Å². The van der Waals surface area contributed by atoms with E-state index in [-0.39, 0.29) is 0 Å². The maximum absolute atomic E-state index is 8.78. The molecule has 0 aliphatic carbocycles. The van der Waals surface area contributed by atoms with Gasteiger partial charge in [0.15, 0.2) is 0 Å². The van der Waals surface area contributed by atoms with E-state index in [1.165, 1.54) is 0 Å². The Bertz CT molecular complexity index is 323. The van der Waals surface area contributed by atoms with Crippen molar-refractivity contribution < 1.29 is 0 Å². The first-order chi connectivity index (χ1) is 5.92. The Hall–Kier alpha value is -1.40. The Balaban J connectivity index is 2.35. The fourth-order valence-corrected chi connectivity index (χ4v) is 1.34. The maximum atomic E-state index is 8.78. The van der Waals surface area contributed by atoms with Crippen LogP contribution in [0, 0.1) is 11.3 Å². The van der Waals surface area contributed by atoms with E-state index in [2.05, 4.69) is 16.4 Å². The van der Waals surface area contributed by atoms with Crippen molar-refractivity contribution in [1.29, 1.82) is 5.26 Å². The van der Waals surface area contributed by atoms with Crippen LogP contribution in [0.2, 0.25) is 0 Å². The molecule has 0 unspecified atom stereocenters. The Labute approximate surface area is 71.0 Å². The van der Waals surface area contributed by atoms with Crippen molar-refractivity contribution in [2.24, 2.45) is 0 Å². The van der Waals surface area contributed by atoms with Crippen LogP contribution in [0.3, 0.4) is 0 Å². The maximum Gasteiger partial charge on any atom is 0.0996 e. The highest BCUT2D eigenvalue weighted by molar-refractivity contribution is 5.37. The molecule has 1 aromatic heterocycles. The first-order valence-electron chi connectivity index (χ1n) is 3.99. The monoisotopic (exact) mass is 159 g/mol. The molecule has 0 saturated carbocycles. The summed E-state index contributed by atoms with van der Waals surface area (Å²) in [6.45, 7) is 1.05. The van der Waals surface area contributed by atoms with Crippen LogP contribution >= 0.6 is 0 Å². The number of rotatable bonds is 1. The normalized spacial score (nSPS) is 21.1. The third-order valence-electron chi connectivity index (χ3n) is 2.17. The van der Waals surface area contributed by atoms with Gasteiger partial charge in [-0.2, -0.15) is 5.26 Å². The third kappa shape index (κ3) is 1.06. The Morgan fingerprint density at radius 3 is 3.08 bits per heavy atom. The van der Waals surface area contributed by atoms with Crippen molar-refractivity contribution in [3.8, 4) is 6.07 Å². The fourth-order valence-electron chi connectivity index (χ4n) is 1.34. The summed E-state index contributed by atoms with van der Waals surface area (Å²) in [6, 6.07) is 4.28. The lowest BCUT2D eigenvalue weighted by Crippen LogP contribution is -2.35. The summed E-state index contributed by atoms with van der Waals surface area (Å²) in [4.78, 5) is 4.01. The van der Waals surface area contributed by atoms with E-state index in [1.54, 1.807) is 18.5 Å². The number of pyridine rings is 1. The topological polar surface area (TPSA) is 48.7 Å². The summed E-state index contributed by atoms with van der Waals surface area (Å²) in [5, 5.41) is 12.0. The molecule has 3 nitrogen and oxygen atoms in total. The molecule has 0 aromatic carbocycles. The van der Waals surface area contributed by atoms with Crippen molar-refractivity contribution in [3.63, 3.8) is 0 Å². The van der Waals surface area contributed by atoms with Crippen molar-refractivity contribution in [1.82, 2.24) is 10.3 Å². The summed E-state index contributed by atoms with van der Waals surface area (Å²) >= 11 is 0. The van der Waals surface area contributed by atoms with E-state index in [9.17, 15) is 0 Å². The van der Waals surface area contributed by atoms with Crippen LogP contribution in [0.4, 0.5) is 0 Å². The summed E-state index contributed by atoms with van der Waals surface area (Å²) in [5.74, 6) is 0. The first kappa shape index (κ1) is 7.26. The molecule has 1 N–H and O–H groups in total. The Morgan fingerprint density at radius 1 is 1.67 bits per heavy atom. The van der Waals surface area contributed by atoms with Crippen LogP contribution in [0.1, 0.15) is 23.6 Å². The predicted octanol–water partition coefficient (Wildman–Crippen LogP) is 0.988. The number of nitriles is 1. The van der Waals surface area contributed by atoms with Gasteiger partial charge in [-0.3, -0.25) is 4.98 Å². The van der Waals surface area contributed by atoms with Crippen molar-refractivity contribution in [2.75, 3.05) is 6.54 Å². The molecule has 2 rings (SSSR count). The average Bonchev–Trinajstić information content (AvgIpc) is 2.02. The Kier molecular flexibility index (Phi) is 1.77. The summed E-state index contributed by atoms with van der Waals surface area (Å²) in [5.41, 5.74) is 1.77. The minimum Gasteiger partial charge on any atom is -0.310 e. The van der Waals surface area contributed by atoms with Gasteiger partial charge in [-0.05, 0) is 19.0 Å². The minimum absolute atomic E-state index is 0.355. The molecule has 1 saturated heterocycles. The lowest BCUT2D eigenvalue weighted by atomic mass is 9.96. The van der Waals surface area contributed by atoms with Gasteiger partial charge in [-0.1, -0.05) is 0 Å². The van der Waals surface area contributed by atoms with Gasteiger partial charge in [0.05, 0.1) is 11.6 Å². The molecule has 1 aliphatic rings. The second-order valence-corrected chi connectivity index (χ2v) is 2.87. The zero-order chi connectivity index (χ0) is 8.39. The van der Waals surface area contributed by atoms with Gasteiger partial charge < -0.3 is 5.32 Å². The molecule has 3 heteroatoms. The standard InChI is InChI=1S/C9H9N3/c10-5-7-1-3-11-6-8(7)9-2-4-12-9/h1,3,6,9,12H,2,4H2/t9-/m0/s1. The number of hydrogen-bond donors (Lipinski definition) is 1. The van der Waals surface area contributed by atoms with Crippen LogP contribution < -0.4 is 5.32 Å². The summed E-state index contributed by atoms with van der Waals surface area (Å²) in [6.07, 6.45) is 4.54. The lowest BCUT2D eigenvalue weighted by Gasteiger charge is -2.28. The van der Waals surface area contributed by atoms with Crippen molar-refractivity contribution in [3.05, 3.63) is 29.6 Å². The molecule has 1 atom stereocenters. The number of nitrogens with one attached hydrogen (secondary N) is 1. The first-order valence-corrected chi connectivity index (χ1v) is 3.99. The molecule has 1 aromatic rings. The highest BCUT2D eigenvalue weighted by atomic mass is 15.0. The largest absolute Gasteiger partial charge is 0.310 e. The van der Waals surface area contributed by atoms with Gasteiger partial charge in [-0.25, -0.2) is 0 Å². The van der Waals surface area contributed by atoms with Crippen LogP contribution in [-0.2, 0) is 0 Å². The average molecular weight is 159 g/mol. The second kappa shape index (κ2) is 2.92. The zero-order valence-corrected chi connectivity index (χ0v) is 6.62. The molecular formula is C9H9N3. The highest BCUT2D eigenvalue weighted by Crippen LogP contribution is 2.24. The second-order valence-electron chi connectivity index (χ2n) is 2.87. The fraction of sp³-hybridized carbons (Fsp3) is 0.333. The molecule has 1 aliphatic heterocycles. The van der Waals surface area contributed by atoms with E-state index in [0.717, 1.165) is 24.1 Å². The van der Waals surface area contributed by atoms with Crippen LogP contribution in [-0.4, -0.2) is 11.5 Å². The molecule has 12 heavy (non-hydrogen) atoms. The molecule has 2 heterocycles. The van der Waals surface area contributed by atoms with Gasteiger partial charge in [0.2, 0.25) is 0 Å². The highest BCUT2D eigenvalue weighted by Gasteiger charge is 2.20. The Morgan fingerprint density at radius 2 is 2.50 bits per heavy atom. The van der Waals surface area contributed by atoms with Gasteiger partial charge in [0.25, 0.3) is 0 Å². The summed E-state index contributed by atoms with van der Waals surface area (Å²) < 4.78 is 0. The van der Waals surface area contributed by atoms with E-state index in [4.69, 9.17) is 5.26 Å². The van der Waals surface area contributed by atoms with Gasteiger partial charge >= 0.3 is 0 Å². The minimum atomic E-state index is 0.355. The SMILES string of the molecule is N#Cc1ccncc1[C@@H]1CCN1. The van der Waals surface area contributed by atoms with Crippen molar-refractivity contribution in [2.45, 2.75) is 12.5 Å². The van der Waals surface area contributed by atoms with Gasteiger partial charge in [0.1, 0.15) is 0 Å². The van der Waals surface area contributed by atoms with E-state index >= 15 is 0 Å². The molecule has 0 bridgehead atoms. The quantitative estimate of drug-likeness (QED) is 0.664. The predicted molar refractivity (Wildman–Crippen MR) is 44.3 cm³/mol. The zero-order valence-electron chi connectivity index (χ0n) is 6.62. The summed E-state index contributed by atoms with van der Waals surface area (Å²) in [7, 11) is 0. The number of nitrogens with zero attached hydrogens (tertiary/aromatic N) is 2. The van der Waals surface area contributed by atoms with Crippen LogP contribution in [0.25, 0.3) is 0 Å². The number of hydrogen-bond acceptors (Lipinski definition) is 3. The molecular weight excluding hydrogens is 150 g/mol. The molecule has 1 fully saturated rings. The van der Waals surface area contributed by atoms with Crippen LogP contribution in [0.15, 0.2) is 18.5 Å². The third-order valence-corrected chi connectivity index (χ3v) is 2.17.